The van der Waals surface area contributed by atoms with Crippen LogP contribution in [0.25, 0.3) is 11.3 Å². The van der Waals surface area contributed by atoms with Gasteiger partial charge in [-0.2, -0.15) is 0 Å². The van der Waals surface area contributed by atoms with Gasteiger partial charge in [0, 0.05) is 21.4 Å². The summed E-state index contributed by atoms with van der Waals surface area (Å²) in [6.07, 6.45) is 1.99. The molecular weight excluding hydrogens is 352 g/mol. The second kappa shape index (κ2) is 7.72. The highest BCUT2D eigenvalue weighted by Gasteiger charge is 2.11. The predicted molar refractivity (Wildman–Crippen MR) is 105 cm³/mol. The Kier molecular flexibility index (Phi) is 5.40. The zero-order valence-corrected chi connectivity index (χ0v) is 15.8. The van der Waals surface area contributed by atoms with Crippen molar-refractivity contribution in [1.82, 2.24) is 4.98 Å². The summed E-state index contributed by atoms with van der Waals surface area (Å²) < 4.78 is 5.29. The number of aryl methyl sites for hydroxylation is 1. The number of thiazole rings is 1. The van der Waals surface area contributed by atoms with Crippen molar-refractivity contribution >= 4 is 34.1 Å². The fraction of sp³-hybridized carbons (Fsp3) is 0.158. The first-order chi connectivity index (χ1) is 12.1. The van der Waals surface area contributed by atoms with Crippen molar-refractivity contribution in [1.29, 1.82) is 0 Å². The third kappa shape index (κ3) is 4.03. The summed E-state index contributed by atoms with van der Waals surface area (Å²) in [4.78, 5) is 18.0. The van der Waals surface area contributed by atoms with Crippen LogP contribution in [0.2, 0.25) is 0 Å². The van der Waals surface area contributed by atoms with E-state index < -0.39 is 0 Å². The van der Waals surface area contributed by atoms with Crippen molar-refractivity contribution in [2.45, 2.75) is 11.8 Å². The number of methoxy groups -OCH3 is 1. The van der Waals surface area contributed by atoms with E-state index in [1.807, 2.05) is 55.0 Å². The second-order valence-corrected chi connectivity index (χ2v) is 7.15. The number of benzene rings is 2. The van der Waals surface area contributed by atoms with Gasteiger partial charge in [0.05, 0.1) is 12.8 Å². The Hall–Kier alpha value is -2.31. The SMILES string of the molecule is COc1ccc(-c2csc(NC(=O)c3cccc(SC)c3)n2)cc1C. The van der Waals surface area contributed by atoms with Gasteiger partial charge in [-0.1, -0.05) is 6.07 Å². The van der Waals surface area contributed by atoms with Gasteiger partial charge < -0.3 is 4.74 Å². The number of ether oxygens (including phenoxy) is 1. The standard InChI is InChI=1S/C19H18N2O2S2/c1-12-9-13(7-8-17(12)23-2)16-11-25-19(20-16)21-18(22)14-5-4-6-15(10-14)24-3/h4-11H,1-3H3,(H,20,21,22). The van der Waals surface area contributed by atoms with E-state index in [0.29, 0.717) is 10.7 Å². The van der Waals surface area contributed by atoms with Crippen LogP contribution in [-0.4, -0.2) is 24.3 Å². The van der Waals surface area contributed by atoms with Gasteiger partial charge in [-0.3, -0.25) is 10.1 Å². The van der Waals surface area contributed by atoms with E-state index in [2.05, 4.69) is 10.3 Å². The molecule has 0 aliphatic rings. The van der Waals surface area contributed by atoms with Gasteiger partial charge in [-0.25, -0.2) is 4.98 Å². The molecule has 1 aromatic heterocycles. The molecule has 4 nitrogen and oxygen atoms in total. The summed E-state index contributed by atoms with van der Waals surface area (Å²) in [5, 5.41) is 5.40. The third-order valence-electron chi connectivity index (χ3n) is 3.75. The van der Waals surface area contributed by atoms with E-state index in [9.17, 15) is 4.79 Å². The van der Waals surface area contributed by atoms with E-state index in [4.69, 9.17) is 4.74 Å². The molecule has 0 aliphatic heterocycles. The quantitative estimate of drug-likeness (QED) is 0.635. The van der Waals surface area contributed by atoms with Crippen LogP contribution in [0.3, 0.4) is 0 Å². The van der Waals surface area contributed by atoms with Crippen molar-refractivity contribution in [2.75, 3.05) is 18.7 Å². The number of nitrogens with one attached hydrogen (secondary N) is 1. The topological polar surface area (TPSA) is 51.2 Å². The lowest BCUT2D eigenvalue weighted by molar-refractivity contribution is 0.102. The molecule has 0 atom stereocenters. The second-order valence-electron chi connectivity index (χ2n) is 5.41. The summed E-state index contributed by atoms with van der Waals surface area (Å²) in [6, 6.07) is 13.5. The highest BCUT2D eigenvalue weighted by molar-refractivity contribution is 7.98. The molecular formula is C19H18N2O2S2. The maximum atomic E-state index is 12.4. The summed E-state index contributed by atoms with van der Waals surface area (Å²) in [6.45, 7) is 2.00. The molecule has 0 saturated heterocycles. The number of anilines is 1. The average molecular weight is 370 g/mol. The molecule has 6 heteroatoms. The minimum atomic E-state index is -0.150. The maximum Gasteiger partial charge on any atom is 0.257 e. The van der Waals surface area contributed by atoms with Gasteiger partial charge in [0.25, 0.3) is 5.91 Å². The third-order valence-corrected chi connectivity index (χ3v) is 5.23. The fourth-order valence-corrected chi connectivity index (χ4v) is 3.61. The Morgan fingerprint density at radius 1 is 1.24 bits per heavy atom. The number of amides is 1. The van der Waals surface area contributed by atoms with E-state index in [0.717, 1.165) is 27.5 Å². The molecule has 3 rings (SSSR count). The van der Waals surface area contributed by atoms with Crippen LogP contribution < -0.4 is 10.1 Å². The summed E-state index contributed by atoms with van der Waals surface area (Å²) in [7, 11) is 1.66. The molecule has 1 heterocycles. The lowest BCUT2D eigenvalue weighted by atomic mass is 10.1. The van der Waals surface area contributed by atoms with Crippen molar-refractivity contribution in [3.8, 4) is 17.0 Å². The van der Waals surface area contributed by atoms with Gasteiger partial charge >= 0.3 is 0 Å². The van der Waals surface area contributed by atoms with Gasteiger partial charge in [0.15, 0.2) is 5.13 Å². The van der Waals surface area contributed by atoms with Gasteiger partial charge in [-0.05, 0) is 55.1 Å². The number of hydrogen-bond acceptors (Lipinski definition) is 5. The molecule has 0 fully saturated rings. The summed E-state index contributed by atoms with van der Waals surface area (Å²) in [5.74, 6) is 0.698. The highest BCUT2D eigenvalue weighted by atomic mass is 32.2. The smallest absolute Gasteiger partial charge is 0.257 e. The molecule has 0 radical (unpaired) electrons. The van der Waals surface area contributed by atoms with Crippen LogP contribution in [0.4, 0.5) is 5.13 Å². The molecule has 2 aromatic carbocycles. The van der Waals surface area contributed by atoms with Crippen LogP contribution >= 0.6 is 23.1 Å². The molecule has 3 aromatic rings. The summed E-state index contributed by atoms with van der Waals surface area (Å²) >= 11 is 3.02. The molecule has 1 N–H and O–H groups in total. The van der Waals surface area contributed by atoms with Gasteiger partial charge in [0.1, 0.15) is 5.75 Å². The van der Waals surface area contributed by atoms with E-state index in [1.165, 1.54) is 11.3 Å². The molecule has 0 spiro atoms. The first kappa shape index (κ1) is 17.5. The van der Waals surface area contributed by atoms with Crippen molar-refractivity contribution < 1.29 is 9.53 Å². The Morgan fingerprint density at radius 2 is 2.08 bits per heavy atom. The van der Waals surface area contributed by atoms with E-state index >= 15 is 0 Å². The zero-order chi connectivity index (χ0) is 17.8. The number of carbonyl (C=O) groups excluding carboxylic acids is 1. The lowest BCUT2D eigenvalue weighted by Gasteiger charge is -2.06. The van der Waals surface area contributed by atoms with E-state index in [1.54, 1.807) is 24.9 Å². The Bertz CT molecular complexity index is 906. The molecule has 0 bridgehead atoms. The van der Waals surface area contributed by atoms with Crippen LogP contribution in [0.1, 0.15) is 15.9 Å². The largest absolute Gasteiger partial charge is 0.496 e. The number of hydrogen-bond donors (Lipinski definition) is 1. The van der Waals surface area contributed by atoms with Gasteiger partial charge in [0.2, 0.25) is 0 Å². The normalized spacial score (nSPS) is 10.5. The van der Waals surface area contributed by atoms with Crippen LogP contribution in [0, 0.1) is 6.92 Å². The number of carbonyl (C=O) groups is 1. The average Bonchev–Trinajstić information content (AvgIpc) is 3.10. The lowest BCUT2D eigenvalue weighted by Crippen LogP contribution is -2.11. The molecule has 128 valence electrons. The fourth-order valence-electron chi connectivity index (χ4n) is 2.44. The highest BCUT2D eigenvalue weighted by Crippen LogP contribution is 2.29. The summed E-state index contributed by atoms with van der Waals surface area (Å²) in [5.41, 5.74) is 3.51. The number of rotatable bonds is 5. The number of aromatic nitrogens is 1. The Morgan fingerprint density at radius 3 is 2.80 bits per heavy atom. The molecule has 0 unspecified atom stereocenters. The van der Waals surface area contributed by atoms with Crippen LogP contribution in [-0.2, 0) is 0 Å². The minimum Gasteiger partial charge on any atom is -0.496 e. The Labute approximate surface area is 155 Å². The first-order valence-electron chi connectivity index (χ1n) is 7.66. The zero-order valence-electron chi connectivity index (χ0n) is 14.2. The van der Waals surface area contributed by atoms with Crippen LogP contribution in [0.5, 0.6) is 5.75 Å². The predicted octanol–water partition coefficient (Wildman–Crippen LogP) is 5.10. The minimum absolute atomic E-state index is 0.150. The number of thioether (sulfide) groups is 1. The van der Waals surface area contributed by atoms with Gasteiger partial charge in [-0.15, -0.1) is 23.1 Å². The van der Waals surface area contributed by atoms with Crippen molar-refractivity contribution in [3.63, 3.8) is 0 Å². The van der Waals surface area contributed by atoms with E-state index in [-0.39, 0.29) is 5.91 Å². The molecule has 0 aliphatic carbocycles. The monoisotopic (exact) mass is 370 g/mol. The molecule has 1 amide bonds. The van der Waals surface area contributed by atoms with Crippen molar-refractivity contribution in [2.24, 2.45) is 0 Å². The molecule has 0 saturated carbocycles. The number of nitrogens with zero attached hydrogens (tertiary/aromatic N) is 1. The van der Waals surface area contributed by atoms with Crippen LogP contribution in [0.15, 0.2) is 52.7 Å². The molecule has 25 heavy (non-hydrogen) atoms. The Balaban J connectivity index is 1.77. The first-order valence-corrected chi connectivity index (χ1v) is 9.77. The maximum absolute atomic E-state index is 12.4. The van der Waals surface area contributed by atoms with Crippen molar-refractivity contribution in [3.05, 3.63) is 59.0 Å².